The topological polar surface area (TPSA) is 82.3 Å². The van der Waals surface area contributed by atoms with Crippen molar-refractivity contribution < 1.29 is 9.47 Å². The highest BCUT2D eigenvalue weighted by atomic mass is 35.5. The molecule has 0 bridgehead atoms. The van der Waals surface area contributed by atoms with E-state index >= 15 is 0 Å². The maximum Gasteiger partial charge on any atom is 0.242 e. The second-order valence-corrected chi connectivity index (χ2v) is 4.67. The third-order valence-electron chi connectivity index (χ3n) is 2.72. The average molecular weight is 309 g/mol. The van der Waals surface area contributed by atoms with Gasteiger partial charge in [0.15, 0.2) is 5.82 Å². The van der Waals surface area contributed by atoms with Crippen molar-refractivity contribution in [1.82, 2.24) is 9.97 Å². The van der Waals surface area contributed by atoms with E-state index in [1.54, 1.807) is 25.3 Å². The summed E-state index contributed by atoms with van der Waals surface area (Å²) in [5, 5.41) is 3.60. The molecular weight excluding hydrogens is 292 g/mol. The fraction of sp³-hybridized carbons (Fsp3) is 0.286. The number of halogens is 1. The Morgan fingerprint density at radius 2 is 2.14 bits per heavy atom. The van der Waals surface area contributed by atoms with Crippen LogP contribution in [0.3, 0.4) is 0 Å². The van der Waals surface area contributed by atoms with Gasteiger partial charge in [-0.15, -0.1) is 0 Å². The number of hydrogen-bond donors (Lipinski definition) is 2. The predicted molar refractivity (Wildman–Crippen MR) is 83.5 cm³/mol. The Morgan fingerprint density at radius 3 is 2.86 bits per heavy atom. The molecule has 0 saturated heterocycles. The lowest BCUT2D eigenvalue weighted by atomic mass is 10.3. The van der Waals surface area contributed by atoms with Gasteiger partial charge in [0.2, 0.25) is 5.88 Å². The summed E-state index contributed by atoms with van der Waals surface area (Å²) < 4.78 is 10.6. The molecule has 0 spiro atoms. The van der Waals surface area contributed by atoms with Crippen molar-refractivity contribution in [3.05, 3.63) is 29.5 Å². The van der Waals surface area contributed by atoms with Gasteiger partial charge >= 0.3 is 0 Å². The molecule has 1 aromatic heterocycles. The van der Waals surface area contributed by atoms with Crippen LogP contribution in [0.5, 0.6) is 11.6 Å². The van der Waals surface area contributed by atoms with Crippen LogP contribution < -0.4 is 20.5 Å². The first-order valence-electron chi connectivity index (χ1n) is 6.49. The van der Waals surface area contributed by atoms with E-state index in [1.165, 1.54) is 6.33 Å². The van der Waals surface area contributed by atoms with Gasteiger partial charge in [-0.3, -0.25) is 0 Å². The van der Waals surface area contributed by atoms with Crippen LogP contribution in [0.4, 0.5) is 17.2 Å². The Kier molecular flexibility index (Phi) is 5.05. The molecule has 1 heterocycles. The Hall–Kier alpha value is -2.21. The van der Waals surface area contributed by atoms with Crippen LogP contribution in [-0.4, -0.2) is 23.7 Å². The summed E-state index contributed by atoms with van der Waals surface area (Å²) in [7, 11) is 1.59. The summed E-state index contributed by atoms with van der Waals surface area (Å²) in [5.74, 6) is 1.47. The number of ether oxygens (including phenoxy) is 2. The van der Waals surface area contributed by atoms with Crippen LogP contribution in [0.25, 0.3) is 0 Å². The van der Waals surface area contributed by atoms with Crippen molar-refractivity contribution in [2.75, 3.05) is 24.8 Å². The number of benzene rings is 1. The van der Waals surface area contributed by atoms with Crippen LogP contribution in [0.15, 0.2) is 24.5 Å². The Labute approximate surface area is 128 Å². The highest BCUT2D eigenvalue weighted by Crippen LogP contribution is 2.32. The van der Waals surface area contributed by atoms with Gasteiger partial charge in [0.05, 0.1) is 24.4 Å². The lowest BCUT2D eigenvalue weighted by molar-refractivity contribution is 0.307. The second kappa shape index (κ2) is 6.99. The molecule has 0 atom stereocenters. The third-order valence-corrected chi connectivity index (χ3v) is 3.05. The first kappa shape index (κ1) is 15.2. The number of nitrogens with one attached hydrogen (secondary N) is 1. The minimum Gasteiger partial charge on any atom is -0.497 e. The molecule has 0 aliphatic carbocycles. The molecule has 0 radical (unpaired) electrons. The van der Waals surface area contributed by atoms with Crippen molar-refractivity contribution in [3.8, 4) is 11.6 Å². The van der Waals surface area contributed by atoms with Crippen LogP contribution in [-0.2, 0) is 0 Å². The third kappa shape index (κ3) is 3.66. The van der Waals surface area contributed by atoms with E-state index in [1.807, 2.05) is 6.92 Å². The maximum absolute atomic E-state index is 6.15. The fourth-order valence-electron chi connectivity index (χ4n) is 1.65. The van der Waals surface area contributed by atoms with Crippen LogP contribution in [0.2, 0.25) is 5.02 Å². The monoisotopic (exact) mass is 308 g/mol. The van der Waals surface area contributed by atoms with Gasteiger partial charge in [-0.05, 0) is 18.6 Å². The van der Waals surface area contributed by atoms with Gasteiger partial charge in [-0.2, -0.15) is 4.98 Å². The first-order chi connectivity index (χ1) is 10.2. The molecule has 2 aromatic rings. The summed E-state index contributed by atoms with van der Waals surface area (Å²) in [6.45, 7) is 2.55. The van der Waals surface area contributed by atoms with Crippen molar-refractivity contribution in [1.29, 1.82) is 0 Å². The Morgan fingerprint density at radius 1 is 1.33 bits per heavy atom. The summed E-state index contributed by atoms with van der Waals surface area (Å²) >= 11 is 6.15. The smallest absolute Gasteiger partial charge is 0.242 e. The molecule has 0 amide bonds. The van der Waals surface area contributed by atoms with E-state index in [0.29, 0.717) is 40.5 Å². The van der Waals surface area contributed by atoms with E-state index < -0.39 is 0 Å². The first-order valence-corrected chi connectivity index (χ1v) is 6.87. The van der Waals surface area contributed by atoms with Gasteiger partial charge in [0.25, 0.3) is 0 Å². The van der Waals surface area contributed by atoms with Crippen LogP contribution in [0, 0.1) is 0 Å². The number of rotatable bonds is 6. The number of nitrogens with two attached hydrogens (primary N) is 1. The molecule has 112 valence electrons. The van der Waals surface area contributed by atoms with Crippen molar-refractivity contribution >= 4 is 28.8 Å². The molecule has 0 fully saturated rings. The highest BCUT2D eigenvalue weighted by Gasteiger charge is 2.11. The lowest BCUT2D eigenvalue weighted by Gasteiger charge is -2.13. The molecule has 0 aliphatic rings. The molecule has 0 aliphatic heterocycles. The molecule has 7 heteroatoms. The number of anilines is 3. The molecule has 3 N–H and O–H groups in total. The minimum atomic E-state index is 0.338. The van der Waals surface area contributed by atoms with E-state index in [-0.39, 0.29) is 0 Å². The summed E-state index contributed by atoms with van der Waals surface area (Å²) in [6, 6.07) is 5.26. The number of methoxy groups -OCH3 is 1. The summed E-state index contributed by atoms with van der Waals surface area (Å²) in [5.41, 5.74) is 6.99. The molecule has 21 heavy (non-hydrogen) atoms. The normalized spacial score (nSPS) is 10.2. The molecule has 1 aromatic carbocycles. The number of aromatic nitrogens is 2. The fourth-order valence-corrected chi connectivity index (χ4v) is 1.81. The van der Waals surface area contributed by atoms with E-state index in [9.17, 15) is 0 Å². The summed E-state index contributed by atoms with van der Waals surface area (Å²) in [4.78, 5) is 8.13. The minimum absolute atomic E-state index is 0.338. The zero-order valence-electron chi connectivity index (χ0n) is 11.9. The zero-order chi connectivity index (χ0) is 15.2. The number of nitrogens with zero attached hydrogens (tertiary/aromatic N) is 2. The second-order valence-electron chi connectivity index (χ2n) is 4.26. The van der Waals surface area contributed by atoms with Crippen molar-refractivity contribution in [2.24, 2.45) is 0 Å². The van der Waals surface area contributed by atoms with Gasteiger partial charge in [0.1, 0.15) is 17.8 Å². The van der Waals surface area contributed by atoms with Crippen molar-refractivity contribution in [2.45, 2.75) is 13.3 Å². The molecular formula is C14H17ClN4O2. The molecule has 2 rings (SSSR count). The quantitative estimate of drug-likeness (QED) is 0.852. The average Bonchev–Trinajstić information content (AvgIpc) is 2.50. The van der Waals surface area contributed by atoms with E-state index in [4.69, 9.17) is 26.8 Å². The maximum atomic E-state index is 6.15. The molecule has 0 unspecified atom stereocenters. The SMILES string of the molecule is CCCOc1ncnc(Nc2cc(OC)ccc2Cl)c1N. The predicted octanol–water partition coefficient (Wildman–Crippen LogP) is 3.25. The van der Waals surface area contributed by atoms with E-state index in [0.717, 1.165) is 6.42 Å². The van der Waals surface area contributed by atoms with E-state index in [2.05, 4.69) is 15.3 Å². The van der Waals surface area contributed by atoms with Gasteiger partial charge in [-0.25, -0.2) is 4.98 Å². The largest absolute Gasteiger partial charge is 0.497 e. The number of nitrogen functional groups attached to an aromatic ring is 1. The standard InChI is InChI=1S/C14H17ClN4O2/c1-3-6-21-14-12(16)13(17-8-18-14)19-11-7-9(20-2)4-5-10(11)15/h4-5,7-8H,3,6,16H2,1-2H3,(H,17,18,19). The van der Waals surface area contributed by atoms with Gasteiger partial charge in [-0.1, -0.05) is 18.5 Å². The Bertz CT molecular complexity index is 622. The molecule has 0 saturated carbocycles. The lowest BCUT2D eigenvalue weighted by Crippen LogP contribution is -2.06. The van der Waals surface area contributed by atoms with Gasteiger partial charge in [0, 0.05) is 6.07 Å². The molecule has 6 nitrogen and oxygen atoms in total. The van der Waals surface area contributed by atoms with Gasteiger partial charge < -0.3 is 20.5 Å². The van der Waals surface area contributed by atoms with Crippen LogP contribution in [0.1, 0.15) is 13.3 Å². The van der Waals surface area contributed by atoms with Crippen molar-refractivity contribution in [3.63, 3.8) is 0 Å². The summed E-state index contributed by atoms with van der Waals surface area (Å²) in [6.07, 6.45) is 2.26. The highest BCUT2D eigenvalue weighted by molar-refractivity contribution is 6.33. The zero-order valence-corrected chi connectivity index (χ0v) is 12.6. The van der Waals surface area contributed by atoms with Crippen LogP contribution >= 0.6 is 11.6 Å². The Balaban J connectivity index is 2.27. The number of hydrogen-bond acceptors (Lipinski definition) is 6.